The number of amides is 2. The standard InChI is InChI=1S/C24H33N3O4S/c1-4-22(24(29)25-5-2)26(19-20-13-8-6-9-14-20)23(28)17-12-18-27(32(3,30)31)21-15-10-7-11-16-21/h6-11,13-16,22H,4-5,12,17-19H2,1-3H3,(H,25,29)/t22-/m0/s1. The molecule has 0 unspecified atom stereocenters. The van der Waals surface area contributed by atoms with E-state index in [-0.39, 0.29) is 24.8 Å². The van der Waals surface area contributed by atoms with Crippen LogP contribution < -0.4 is 9.62 Å². The first kappa shape index (κ1) is 25.4. The van der Waals surface area contributed by atoms with Gasteiger partial charge in [0.15, 0.2) is 0 Å². The third kappa shape index (κ3) is 7.37. The number of nitrogens with one attached hydrogen (secondary N) is 1. The number of hydrogen-bond donors (Lipinski definition) is 1. The Morgan fingerprint density at radius 3 is 2.09 bits per heavy atom. The lowest BCUT2D eigenvalue weighted by Crippen LogP contribution is -2.49. The monoisotopic (exact) mass is 459 g/mol. The van der Waals surface area contributed by atoms with Crippen molar-refractivity contribution in [1.82, 2.24) is 10.2 Å². The Kier molecular flexibility index (Phi) is 9.71. The van der Waals surface area contributed by atoms with Crippen LogP contribution in [0.3, 0.4) is 0 Å². The maximum absolute atomic E-state index is 13.2. The Morgan fingerprint density at radius 2 is 1.56 bits per heavy atom. The number of rotatable bonds is 12. The number of carbonyl (C=O) groups excluding carboxylic acids is 2. The van der Waals surface area contributed by atoms with Crippen LogP contribution in [0.4, 0.5) is 5.69 Å². The minimum Gasteiger partial charge on any atom is -0.355 e. The van der Waals surface area contributed by atoms with Gasteiger partial charge >= 0.3 is 0 Å². The highest BCUT2D eigenvalue weighted by Gasteiger charge is 2.28. The maximum atomic E-state index is 13.2. The summed E-state index contributed by atoms with van der Waals surface area (Å²) in [6.45, 7) is 4.72. The quantitative estimate of drug-likeness (QED) is 0.528. The summed E-state index contributed by atoms with van der Waals surface area (Å²) in [4.78, 5) is 27.4. The maximum Gasteiger partial charge on any atom is 0.242 e. The molecular weight excluding hydrogens is 426 g/mol. The lowest BCUT2D eigenvalue weighted by molar-refractivity contribution is -0.141. The van der Waals surface area contributed by atoms with Gasteiger partial charge < -0.3 is 10.2 Å². The summed E-state index contributed by atoms with van der Waals surface area (Å²) in [5, 5.41) is 2.81. The molecule has 0 aliphatic heterocycles. The molecule has 2 aromatic rings. The molecule has 0 bridgehead atoms. The van der Waals surface area contributed by atoms with E-state index in [1.165, 1.54) is 4.31 Å². The Balaban J connectivity index is 2.15. The Labute approximate surface area is 191 Å². The topological polar surface area (TPSA) is 86.8 Å². The molecule has 32 heavy (non-hydrogen) atoms. The van der Waals surface area contributed by atoms with E-state index in [1.54, 1.807) is 29.2 Å². The molecule has 0 spiro atoms. The Hall–Kier alpha value is -2.87. The smallest absolute Gasteiger partial charge is 0.242 e. The second-order valence-electron chi connectivity index (χ2n) is 7.60. The van der Waals surface area contributed by atoms with E-state index in [0.717, 1.165) is 11.8 Å². The molecule has 1 N–H and O–H groups in total. The average Bonchev–Trinajstić information content (AvgIpc) is 2.77. The molecule has 1 atom stereocenters. The number of carbonyl (C=O) groups is 2. The van der Waals surface area contributed by atoms with Crippen molar-refractivity contribution in [3.05, 3.63) is 66.2 Å². The Bertz CT molecular complexity index is 965. The van der Waals surface area contributed by atoms with Crippen LogP contribution in [0.15, 0.2) is 60.7 Å². The van der Waals surface area contributed by atoms with Gasteiger partial charge in [-0.2, -0.15) is 0 Å². The van der Waals surface area contributed by atoms with Crippen molar-refractivity contribution in [1.29, 1.82) is 0 Å². The highest BCUT2D eigenvalue weighted by Crippen LogP contribution is 2.19. The minimum absolute atomic E-state index is 0.140. The van der Waals surface area contributed by atoms with Crippen LogP contribution in [0, 0.1) is 0 Å². The predicted octanol–water partition coefficient (Wildman–Crippen LogP) is 3.18. The van der Waals surface area contributed by atoms with Crippen LogP contribution >= 0.6 is 0 Å². The summed E-state index contributed by atoms with van der Waals surface area (Å²) in [7, 11) is -3.48. The number of hydrogen-bond acceptors (Lipinski definition) is 4. The van der Waals surface area contributed by atoms with Crippen LogP contribution in [0.1, 0.15) is 38.7 Å². The van der Waals surface area contributed by atoms with E-state index in [0.29, 0.717) is 31.6 Å². The second-order valence-corrected chi connectivity index (χ2v) is 9.51. The molecule has 0 fully saturated rings. The molecule has 0 saturated heterocycles. The van der Waals surface area contributed by atoms with Crippen LogP contribution in [0.25, 0.3) is 0 Å². The highest BCUT2D eigenvalue weighted by atomic mass is 32.2. The van der Waals surface area contributed by atoms with Gasteiger partial charge in [0.05, 0.1) is 11.9 Å². The van der Waals surface area contributed by atoms with Gasteiger partial charge in [-0.3, -0.25) is 13.9 Å². The van der Waals surface area contributed by atoms with Gasteiger partial charge in [0.2, 0.25) is 21.8 Å². The molecule has 7 nitrogen and oxygen atoms in total. The van der Waals surface area contributed by atoms with Crippen LogP contribution in [0.5, 0.6) is 0 Å². The first-order valence-electron chi connectivity index (χ1n) is 10.9. The Morgan fingerprint density at radius 1 is 0.969 bits per heavy atom. The summed E-state index contributed by atoms with van der Waals surface area (Å²) in [6, 6.07) is 17.8. The van der Waals surface area contributed by atoms with E-state index in [9.17, 15) is 18.0 Å². The molecule has 2 rings (SSSR count). The molecule has 0 aromatic heterocycles. The summed E-state index contributed by atoms with van der Waals surface area (Å²) in [6.07, 6.45) is 2.13. The largest absolute Gasteiger partial charge is 0.355 e. The van der Waals surface area contributed by atoms with Crippen molar-refractivity contribution in [2.45, 2.75) is 45.7 Å². The number of para-hydroxylation sites is 1. The lowest BCUT2D eigenvalue weighted by Gasteiger charge is -2.31. The van der Waals surface area contributed by atoms with Crippen LogP contribution in [-0.2, 0) is 26.2 Å². The number of nitrogens with zero attached hydrogens (tertiary/aromatic N) is 2. The van der Waals surface area contributed by atoms with Crippen molar-refractivity contribution in [3.63, 3.8) is 0 Å². The summed E-state index contributed by atoms with van der Waals surface area (Å²) >= 11 is 0. The number of benzene rings is 2. The fourth-order valence-electron chi connectivity index (χ4n) is 3.59. The fourth-order valence-corrected chi connectivity index (χ4v) is 4.56. The van der Waals surface area contributed by atoms with Gasteiger partial charge in [-0.15, -0.1) is 0 Å². The molecule has 0 heterocycles. The first-order valence-corrected chi connectivity index (χ1v) is 12.8. The molecule has 8 heteroatoms. The third-order valence-electron chi connectivity index (χ3n) is 5.13. The SMILES string of the molecule is CCNC(=O)[C@H](CC)N(Cc1ccccc1)C(=O)CCCN(c1ccccc1)S(C)(=O)=O. The van der Waals surface area contributed by atoms with E-state index < -0.39 is 16.1 Å². The van der Waals surface area contributed by atoms with Crippen molar-refractivity contribution in [2.24, 2.45) is 0 Å². The van der Waals surface area contributed by atoms with Crippen molar-refractivity contribution in [3.8, 4) is 0 Å². The lowest BCUT2D eigenvalue weighted by atomic mass is 10.1. The van der Waals surface area contributed by atoms with E-state index in [2.05, 4.69) is 5.32 Å². The van der Waals surface area contributed by atoms with Gasteiger partial charge in [-0.1, -0.05) is 55.5 Å². The predicted molar refractivity (Wildman–Crippen MR) is 128 cm³/mol. The van der Waals surface area contributed by atoms with Crippen LogP contribution in [0.2, 0.25) is 0 Å². The number of anilines is 1. The molecule has 0 radical (unpaired) electrons. The van der Waals surface area contributed by atoms with Crippen molar-refractivity contribution >= 4 is 27.5 Å². The summed E-state index contributed by atoms with van der Waals surface area (Å²) in [5.41, 5.74) is 1.50. The number of sulfonamides is 1. The summed E-state index contributed by atoms with van der Waals surface area (Å²) in [5.74, 6) is -0.352. The van der Waals surface area contributed by atoms with Crippen molar-refractivity contribution < 1.29 is 18.0 Å². The number of likely N-dealkylation sites (N-methyl/N-ethyl adjacent to an activating group) is 1. The molecule has 174 valence electrons. The average molecular weight is 460 g/mol. The fraction of sp³-hybridized carbons (Fsp3) is 0.417. The molecular formula is C24H33N3O4S. The van der Waals surface area contributed by atoms with Crippen molar-refractivity contribution in [2.75, 3.05) is 23.7 Å². The zero-order valence-electron chi connectivity index (χ0n) is 19.0. The van der Waals surface area contributed by atoms with E-state index >= 15 is 0 Å². The first-order chi connectivity index (χ1) is 15.3. The van der Waals surface area contributed by atoms with Gasteiger partial charge in [-0.05, 0) is 37.5 Å². The molecule has 0 aliphatic rings. The zero-order chi connectivity index (χ0) is 23.6. The minimum atomic E-state index is -3.48. The van der Waals surface area contributed by atoms with E-state index in [1.807, 2.05) is 50.2 Å². The molecule has 2 amide bonds. The second kappa shape index (κ2) is 12.2. The van der Waals surface area contributed by atoms with Gasteiger partial charge in [0, 0.05) is 26.1 Å². The third-order valence-corrected chi connectivity index (χ3v) is 6.32. The van der Waals surface area contributed by atoms with Crippen LogP contribution in [-0.4, -0.2) is 50.5 Å². The van der Waals surface area contributed by atoms with Gasteiger partial charge in [0.25, 0.3) is 0 Å². The zero-order valence-corrected chi connectivity index (χ0v) is 19.8. The molecule has 0 aliphatic carbocycles. The van der Waals surface area contributed by atoms with Gasteiger partial charge in [-0.25, -0.2) is 8.42 Å². The van der Waals surface area contributed by atoms with E-state index in [4.69, 9.17) is 0 Å². The normalized spacial score (nSPS) is 12.1. The summed E-state index contributed by atoms with van der Waals surface area (Å²) < 4.78 is 25.9. The van der Waals surface area contributed by atoms with Gasteiger partial charge in [0.1, 0.15) is 6.04 Å². The highest BCUT2D eigenvalue weighted by molar-refractivity contribution is 7.92. The molecule has 2 aromatic carbocycles. The molecule has 0 saturated carbocycles.